The van der Waals surface area contributed by atoms with Crippen molar-refractivity contribution in [3.63, 3.8) is 0 Å². The Morgan fingerprint density at radius 3 is 2.45 bits per heavy atom. The number of benzene rings is 1. The molecule has 1 aromatic carbocycles. The number of hydrogen-bond donors (Lipinski definition) is 1. The van der Waals surface area contributed by atoms with Gasteiger partial charge in [0.1, 0.15) is 5.15 Å². The number of aromatic nitrogens is 1. The van der Waals surface area contributed by atoms with Gasteiger partial charge in [-0.3, -0.25) is 0 Å². The van der Waals surface area contributed by atoms with Gasteiger partial charge in [0, 0.05) is 18.7 Å². The van der Waals surface area contributed by atoms with Crippen molar-refractivity contribution in [2.24, 2.45) is 0 Å². The molecule has 2 rings (SSSR count). The number of rotatable bonds is 5. The molecular formula is C16H15ClN2O. The molecule has 0 saturated carbocycles. The molecule has 0 unspecified atom stereocenters. The minimum atomic E-state index is -0.314. The van der Waals surface area contributed by atoms with Crippen molar-refractivity contribution in [2.45, 2.75) is 18.3 Å². The third-order valence-corrected chi connectivity index (χ3v) is 3.54. The highest BCUT2D eigenvalue weighted by Gasteiger charge is 2.24. The number of halogens is 1. The highest BCUT2D eigenvalue weighted by molar-refractivity contribution is 6.29. The van der Waals surface area contributed by atoms with Crippen LogP contribution < -0.4 is 0 Å². The zero-order valence-corrected chi connectivity index (χ0v) is 11.7. The zero-order valence-electron chi connectivity index (χ0n) is 10.9. The minimum absolute atomic E-state index is 0.0261. The molecule has 3 nitrogen and oxygen atoms in total. The Hall–Kier alpha value is -1.89. The first-order chi connectivity index (χ1) is 9.76. The van der Waals surface area contributed by atoms with Gasteiger partial charge in [-0.15, -0.1) is 0 Å². The molecule has 0 saturated heterocycles. The summed E-state index contributed by atoms with van der Waals surface area (Å²) in [5.41, 5.74) is 1.86. The first-order valence-electron chi connectivity index (χ1n) is 6.43. The van der Waals surface area contributed by atoms with Crippen LogP contribution in [0, 0.1) is 11.3 Å². The number of hydrogen-bond acceptors (Lipinski definition) is 3. The van der Waals surface area contributed by atoms with Gasteiger partial charge in [-0.05, 0) is 23.6 Å². The predicted octanol–water partition coefficient (Wildman–Crippen LogP) is 3.51. The fraction of sp³-hybridized carbons (Fsp3) is 0.250. The Labute approximate surface area is 123 Å². The molecule has 0 radical (unpaired) electrons. The van der Waals surface area contributed by atoms with E-state index in [1.54, 1.807) is 12.3 Å². The topological polar surface area (TPSA) is 56.9 Å². The highest BCUT2D eigenvalue weighted by Crippen LogP contribution is 2.35. The molecule has 0 amide bonds. The van der Waals surface area contributed by atoms with Crippen molar-refractivity contribution in [1.29, 1.82) is 5.26 Å². The van der Waals surface area contributed by atoms with E-state index in [9.17, 15) is 10.4 Å². The number of nitrogens with zero attached hydrogens (tertiary/aromatic N) is 2. The number of pyridine rings is 1. The average Bonchev–Trinajstić information content (AvgIpc) is 2.49. The van der Waals surface area contributed by atoms with Crippen LogP contribution in [0.4, 0.5) is 0 Å². The summed E-state index contributed by atoms with van der Waals surface area (Å²) in [6, 6.07) is 15.5. The summed E-state index contributed by atoms with van der Waals surface area (Å²) in [4.78, 5) is 4.07. The lowest BCUT2D eigenvalue weighted by Gasteiger charge is -2.21. The van der Waals surface area contributed by atoms with Crippen LogP contribution in [0.25, 0.3) is 0 Å². The molecule has 20 heavy (non-hydrogen) atoms. The summed E-state index contributed by atoms with van der Waals surface area (Å²) in [6.45, 7) is 0.0261. The average molecular weight is 287 g/mol. The van der Waals surface area contributed by atoms with Crippen molar-refractivity contribution in [3.05, 3.63) is 64.9 Å². The van der Waals surface area contributed by atoms with Gasteiger partial charge in [-0.25, -0.2) is 4.98 Å². The smallest absolute Gasteiger partial charge is 0.129 e. The first kappa shape index (κ1) is 14.5. The zero-order chi connectivity index (χ0) is 14.4. The monoisotopic (exact) mass is 286 g/mol. The minimum Gasteiger partial charge on any atom is -0.396 e. The van der Waals surface area contributed by atoms with Crippen molar-refractivity contribution in [1.82, 2.24) is 4.98 Å². The second-order valence-corrected chi connectivity index (χ2v) is 4.94. The van der Waals surface area contributed by atoms with E-state index in [1.165, 1.54) is 0 Å². The third kappa shape index (κ3) is 3.36. The summed E-state index contributed by atoms with van der Waals surface area (Å²) < 4.78 is 0. The molecule has 1 N–H and O–H groups in total. The van der Waals surface area contributed by atoms with E-state index in [1.807, 2.05) is 36.4 Å². The van der Waals surface area contributed by atoms with Gasteiger partial charge < -0.3 is 5.11 Å². The van der Waals surface area contributed by atoms with E-state index in [4.69, 9.17) is 11.6 Å². The maximum Gasteiger partial charge on any atom is 0.129 e. The molecule has 0 aliphatic rings. The number of aliphatic hydroxyl groups excluding tert-OH is 1. The fourth-order valence-corrected chi connectivity index (χ4v) is 2.44. The van der Waals surface area contributed by atoms with Crippen LogP contribution in [0.5, 0.6) is 0 Å². The summed E-state index contributed by atoms with van der Waals surface area (Å²) >= 11 is 5.80. The van der Waals surface area contributed by atoms with E-state index in [0.29, 0.717) is 11.6 Å². The Bertz CT molecular complexity index is 578. The van der Waals surface area contributed by atoms with Crippen molar-refractivity contribution in [3.8, 4) is 6.07 Å². The molecular weight excluding hydrogens is 272 g/mol. The highest BCUT2D eigenvalue weighted by atomic mass is 35.5. The van der Waals surface area contributed by atoms with E-state index in [2.05, 4.69) is 11.1 Å². The Morgan fingerprint density at radius 2 is 1.90 bits per heavy atom. The lowest BCUT2D eigenvalue weighted by Crippen LogP contribution is -2.12. The van der Waals surface area contributed by atoms with Gasteiger partial charge >= 0.3 is 0 Å². The quantitative estimate of drug-likeness (QED) is 0.856. The van der Waals surface area contributed by atoms with Crippen molar-refractivity contribution in [2.75, 3.05) is 6.61 Å². The Morgan fingerprint density at radius 1 is 1.15 bits per heavy atom. The van der Waals surface area contributed by atoms with Gasteiger partial charge in [0.15, 0.2) is 0 Å². The summed E-state index contributed by atoms with van der Waals surface area (Å²) in [6.07, 6.45) is 2.19. The van der Waals surface area contributed by atoms with E-state index in [0.717, 1.165) is 11.1 Å². The maximum atomic E-state index is 9.51. The molecule has 0 aliphatic carbocycles. The van der Waals surface area contributed by atoms with Gasteiger partial charge in [0.05, 0.1) is 12.0 Å². The Balaban J connectivity index is 2.36. The lowest BCUT2D eigenvalue weighted by molar-refractivity contribution is 0.272. The molecule has 2 aromatic rings. The molecule has 4 heteroatoms. The van der Waals surface area contributed by atoms with Crippen LogP contribution in [-0.2, 0) is 0 Å². The van der Waals surface area contributed by atoms with Gasteiger partial charge in [-0.2, -0.15) is 5.26 Å². The molecule has 1 heterocycles. The molecule has 0 fully saturated rings. The second-order valence-electron chi connectivity index (χ2n) is 4.55. The largest absolute Gasteiger partial charge is 0.396 e. The summed E-state index contributed by atoms with van der Waals surface area (Å²) in [5.74, 6) is -0.413. The number of nitriles is 1. The third-order valence-electron chi connectivity index (χ3n) is 3.32. The fourth-order valence-electron chi connectivity index (χ4n) is 2.33. The SMILES string of the molecule is N#C[C@@H](c1ccccc1)[C@@H](CCO)c1ccc(Cl)nc1. The normalized spacial score (nSPS) is 13.4. The van der Waals surface area contributed by atoms with E-state index in [-0.39, 0.29) is 18.4 Å². The summed E-state index contributed by atoms with van der Waals surface area (Å²) in [7, 11) is 0. The van der Waals surface area contributed by atoms with E-state index >= 15 is 0 Å². The number of aliphatic hydroxyl groups is 1. The van der Waals surface area contributed by atoms with Crippen LogP contribution in [-0.4, -0.2) is 16.7 Å². The van der Waals surface area contributed by atoms with Crippen LogP contribution in [0.15, 0.2) is 48.7 Å². The van der Waals surface area contributed by atoms with Gasteiger partial charge in [0.2, 0.25) is 0 Å². The standard InChI is InChI=1S/C16H15ClN2O/c17-16-7-6-13(11-19-16)14(8-9-20)15(10-18)12-4-2-1-3-5-12/h1-7,11,14-15,20H,8-9H2/t14-,15-/m0/s1. The van der Waals surface area contributed by atoms with Crippen LogP contribution >= 0.6 is 11.6 Å². The first-order valence-corrected chi connectivity index (χ1v) is 6.81. The second kappa shape index (κ2) is 7.04. The van der Waals surface area contributed by atoms with Crippen LogP contribution in [0.3, 0.4) is 0 Å². The van der Waals surface area contributed by atoms with Gasteiger partial charge in [0.25, 0.3) is 0 Å². The molecule has 0 spiro atoms. The van der Waals surface area contributed by atoms with Crippen molar-refractivity contribution >= 4 is 11.6 Å². The summed E-state index contributed by atoms with van der Waals surface area (Å²) in [5, 5.41) is 19.2. The molecule has 0 bridgehead atoms. The molecule has 1 aromatic heterocycles. The molecule has 102 valence electrons. The molecule has 2 atom stereocenters. The van der Waals surface area contributed by atoms with Crippen LogP contribution in [0.2, 0.25) is 5.15 Å². The lowest BCUT2D eigenvalue weighted by atomic mass is 9.81. The van der Waals surface area contributed by atoms with Gasteiger partial charge in [-0.1, -0.05) is 48.0 Å². The maximum absolute atomic E-state index is 9.51. The van der Waals surface area contributed by atoms with E-state index < -0.39 is 0 Å². The van der Waals surface area contributed by atoms with Crippen molar-refractivity contribution < 1.29 is 5.11 Å². The Kier molecular flexibility index (Phi) is 5.11. The molecule has 0 aliphatic heterocycles. The van der Waals surface area contributed by atoms with Crippen LogP contribution in [0.1, 0.15) is 29.4 Å². The predicted molar refractivity (Wildman–Crippen MR) is 78.5 cm³/mol.